The van der Waals surface area contributed by atoms with E-state index in [2.05, 4.69) is 21.8 Å². The van der Waals surface area contributed by atoms with Gasteiger partial charge >= 0.3 is 11.8 Å². The lowest BCUT2D eigenvalue weighted by Gasteiger charge is -2.16. The summed E-state index contributed by atoms with van der Waals surface area (Å²) in [6.45, 7) is 0.700. The molecule has 1 aliphatic carbocycles. The van der Waals surface area contributed by atoms with E-state index in [-0.39, 0.29) is 12.6 Å². The second kappa shape index (κ2) is 9.03. The Kier molecular flexibility index (Phi) is 6.24. The molecule has 0 radical (unpaired) electrons. The molecule has 0 aliphatic heterocycles. The number of carbonyl (C=O) groups excluding carboxylic acids is 2. The zero-order chi connectivity index (χ0) is 18.2. The van der Waals surface area contributed by atoms with Gasteiger partial charge in [-0.05, 0) is 50.3 Å². The van der Waals surface area contributed by atoms with Crippen LogP contribution in [-0.2, 0) is 9.59 Å². The van der Waals surface area contributed by atoms with E-state index < -0.39 is 11.8 Å². The maximum Gasteiger partial charge on any atom is 0.309 e. The molecule has 7 heteroatoms. The zero-order valence-electron chi connectivity index (χ0n) is 14.7. The lowest BCUT2D eigenvalue weighted by molar-refractivity contribution is -0.139. The van der Waals surface area contributed by atoms with Crippen LogP contribution in [0.4, 0.5) is 0 Å². The van der Waals surface area contributed by atoms with Crippen molar-refractivity contribution in [2.75, 3.05) is 13.1 Å². The highest BCUT2D eigenvalue weighted by atomic mass is 16.3. The van der Waals surface area contributed by atoms with Gasteiger partial charge in [0.05, 0.1) is 6.26 Å². The molecule has 0 fully saturated rings. The molecule has 0 saturated carbocycles. The molecule has 138 valence electrons. The predicted molar refractivity (Wildman–Crippen MR) is 96.3 cm³/mol. The molecule has 26 heavy (non-hydrogen) atoms. The van der Waals surface area contributed by atoms with Crippen LogP contribution in [0.2, 0.25) is 0 Å². The lowest BCUT2D eigenvalue weighted by Crippen LogP contribution is -2.42. The summed E-state index contributed by atoms with van der Waals surface area (Å²) in [5.74, 6) is -0.593. The summed E-state index contributed by atoms with van der Waals surface area (Å²) in [6, 6.07) is 5.09. The minimum atomic E-state index is -0.647. The molecule has 1 atom stereocenters. The Hall–Kier alpha value is -2.83. The van der Waals surface area contributed by atoms with Crippen LogP contribution in [0.3, 0.4) is 0 Å². The molecule has 2 N–H and O–H groups in total. The Bertz CT molecular complexity index is 701. The van der Waals surface area contributed by atoms with Crippen molar-refractivity contribution in [1.82, 2.24) is 20.4 Å². The van der Waals surface area contributed by atoms with Gasteiger partial charge < -0.3 is 15.1 Å². The number of carbonyl (C=O) groups is 2. The molecule has 0 saturated heterocycles. The fourth-order valence-electron chi connectivity index (χ4n) is 3.09. The van der Waals surface area contributed by atoms with E-state index in [4.69, 9.17) is 4.42 Å². The second-order valence-corrected chi connectivity index (χ2v) is 6.34. The molecular formula is C19H24N4O3. The van der Waals surface area contributed by atoms with Gasteiger partial charge in [0.1, 0.15) is 11.8 Å². The molecule has 3 rings (SSSR count). The summed E-state index contributed by atoms with van der Waals surface area (Å²) >= 11 is 0. The van der Waals surface area contributed by atoms with Gasteiger partial charge in [-0.15, -0.1) is 0 Å². The van der Waals surface area contributed by atoms with E-state index in [9.17, 15) is 9.59 Å². The molecule has 7 nitrogen and oxygen atoms in total. The molecule has 2 heterocycles. The number of nitrogens with zero attached hydrogens (tertiary/aromatic N) is 2. The minimum absolute atomic E-state index is 0.215. The Balaban J connectivity index is 1.47. The van der Waals surface area contributed by atoms with Crippen LogP contribution in [0, 0.1) is 0 Å². The minimum Gasteiger partial charge on any atom is -0.467 e. The van der Waals surface area contributed by atoms with E-state index in [1.54, 1.807) is 35.5 Å². The Labute approximate surface area is 152 Å². The molecule has 1 aliphatic rings. The fraction of sp³-hybridized carbons (Fsp3) is 0.421. The van der Waals surface area contributed by atoms with Crippen LogP contribution >= 0.6 is 0 Å². The standard InChI is InChI=1S/C19H24N4O3/c24-18(20-11-9-15-6-2-1-3-7-15)19(25)21-14-16(17-8-4-13-26-17)23-12-5-10-22-23/h4-6,8,10,12-13,16H,1-3,7,9,11,14H2,(H,20,24)(H,21,25)/t16-/m0/s1. The smallest absolute Gasteiger partial charge is 0.309 e. The number of furan rings is 1. The van der Waals surface area contributed by atoms with E-state index in [0.29, 0.717) is 12.3 Å². The maximum atomic E-state index is 12.1. The molecule has 2 amide bonds. The third-order valence-corrected chi connectivity index (χ3v) is 4.49. The molecule has 2 aromatic heterocycles. The van der Waals surface area contributed by atoms with Crippen molar-refractivity contribution in [2.45, 2.75) is 38.1 Å². The fourth-order valence-corrected chi connectivity index (χ4v) is 3.09. The SMILES string of the molecule is O=C(NCCC1=CCCCC1)C(=O)NC[C@@H](c1ccco1)n1cccn1. The van der Waals surface area contributed by atoms with Crippen LogP contribution in [-0.4, -0.2) is 34.7 Å². The summed E-state index contributed by atoms with van der Waals surface area (Å²) < 4.78 is 7.11. The van der Waals surface area contributed by atoms with Crippen molar-refractivity contribution in [3.8, 4) is 0 Å². The average Bonchev–Trinajstić information content (AvgIpc) is 3.37. The Morgan fingerprint density at radius 2 is 2.12 bits per heavy atom. The van der Waals surface area contributed by atoms with Crippen LogP contribution in [0.15, 0.2) is 52.9 Å². The number of aromatic nitrogens is 2. The van der Waals surface area contributed by atoms with Crippen molar-refractivity contribution in [3.05, 3.63) is 54.3 Å². The van der Waals surface area contributed by atoms with E-state index >= 15 is 0 Å². The quantitative estimate of drug-likeness (QED) is 0.588. The van der Waals surface area contributed by atoms with E-state index in [0.717, 1.165) is 19.3 Å². The van der Waals surface area contributed by atoms with Crippen molar-refractivity contribution < 1.29 is 14.0 Å². The van der Waals surface area contributed by atoms with Gasteiger partial charge in [-0.3, -0.25) is 14.3 Å². The Morgan fingerprint density at radius 1 is 1.23 bits per heavy atom. The first-order valence-electron chi connectivity index (χ1n) is 9.00. The summed E-state index contributed by atoms with van der Waals surface area (Å²) in [5, 5.41) is 9.54. The van der Waals surface area contributed by atoms with Crippen molar-refractivity contribution in [2.24, 2.45) is 0 Å². The molecule has 0 aromatic carbocycles. The van der Waals surface area contributed by atoms with Crippen LogP contribution < -0.4 is 10.6 Å². The monoisotopic (exact) mass is 356 g/mol. The number of hydrogen-bond donors (Lipinski definition) is 2. The summed E-state index contributed by atoms with van der Waals surface area (Å²) in [7, 11) is 0. The number of nitrogens with one attached hydrogen (secondary N) is 2. The largest absolute Gasteiger partial charge is 0.467 e. The molecule has 2 aromatic rings. The van der Waals surface area contributed by atoms with Gasteiger partial charge in [0, 0.05) is 25.5 Å². The lowest BCUT2D eigenvalue weighted by atomic mass is 9.97. The first-order valence-corrected chi connectivity index (χ1v) is 9.00. The number of amides is 2. The summed E-state index contributed by atoms with van der Waals surface area (Å²) in [5.41, 5.74) is 1.37. The van der Waals surface area contributed by atoms with Gasteiger partial charge in [0.2, 0.25) is 0 Å². The highest BCUT2D eigenvalue weighted by molar-refractivity contribution is 6.35. The predicted octanol–water partition coefficient (Wildman–Crippen LogP) is 2.19. The van der Waals surface area contributed by atoms with Gasteiger partial charge in [0.25, 0.3) is 0 Å². The second-order valence-electron chi connectivity index (χ2n) is 6.34. The van der Waals surface area contributed by atoms with Gasteiger partial charge in [-0.1, -0.05) is 11.6 Å². The first kappa shape index (κ1) is 18.0. The van der Waals surface area contributed by atoms with Crippen LogP contribution in [0.25, 0.3) is 0 Å². The molecule has 0 bridgehead atoms. The van der Waals surface area contributed by atoms with Crippen molar-refractivity contribution >= 4 is 11.8 Å². The van der Waals surface area contributed by atoms with Crippen LogP contribution in [0.1, 0.15) is 43.9 Å². The zero-order valence-corrected chi connectivity index (χ0v) is 14.7. The number of rotatable bonds is 7. The van der Waals surface area contributed by atoms with Gasteiger partial charge in [-0.25, -0.2) is 0 Å². The number of allylic oxidation sites excluding steroid dienone is 1. The molecule has 0 unspecified atom stereocenters. The van der Waals surface area contributed by atoms with Gasteiger partial charge in [0.15, 0.2) is 0 Å². The molecular weight excluding hydrogens is 332 g/mol. The third-order valence-electron chi connectivity index (χ3n) is 4.49. The highest BCUT2D eigenvalue weighted by Gasteiger charge is 2.20. The summed E-state index contributed by atoms with van der Waals surface area (Å²) in [6.07, 6.45) is 12.7. The van der Waals surface area contributed by atoms with Crippen molar-refractivity contribution in [3.63, 3.8) is 0 Å². The third kappa shape index (κ3) is 4.84. The van der Waals surface area contributed by atoms with Crippen LogP contribution in [0.5, 0.6) is 0 Å². The topological polar surface area (TPSA) is 89.2 Å². The first-order chi connectivity index (χ1) is 12.7. The van der Waals surface area contributed by atoms with Crippen molar-refractivity contribution in [1.29, 1.82) is 0 Å². The summed E-state index contributed by atoms with van der Waals surface area (Å²) in [4.78, 5) is 24.1. The maximum absolute atomic E-state index is 12.1. The molecule has 0 spiro atoms. The number of hydrogen-bond acceptors (Lipinski definition) is 4. The van der Waals surface area contributed by atoms with E-state index in [1.807, 2.05) is 6.07 Å². The van der Waals surface area contributed by atoms with E-state index in [1.165, 1.54) is 18.4 Å². The average molecular weight is 356 g/mol. The Morgan fingerprint density at radius 3 is 2.81 bits per heavy atom. The normalized spacial score (nSPS) is 15.2. The van der Waals surface area contributed by atoms with Gasteiger partial charge in [-0.2, -0.15) is 5.10 Å². The highest BCUT2D eigenvalue weighted by Crippen LogP contribution is 2.19.